The van der Waals surface area contributed by atoms with Crippen molar-refractivity contribution in [1.82, 2.24) is 15.1 Å². The highest BCUT2D eigenvalue weighted by atomic mass is 28.4. The van der Waals surface area contributed by atoms with Crippen LogP contribution in [0.1, 0.15) is 27.2 Å². The van der Waals surface area contributed by atoms with Crippen molar-refractivity contribution in [2.75, 3.05) is 30.3 Å². The molecule has 10 heteroatoms. The van der Waals surface area contributed by atoms with Crippen LogP contribution in [0.4, 0.5) is 20.6 Å². The summed E-state index contributed by atoms with van der Waals surface area (Å²) in [6.45, 7) is 12.9. The summed E-state index contributed by atoms with van der Waals surface area (Å²) in [7, 11) is -1.90. The number of anilines is 2. The van der Waals surface area contributed by atoms with Crippen LogP contribution >= 0.6 is 0 Å². The number of aromatic nitrogens is 2. The summed E-state index contributed by atoms with van der Waals surface area (Å²) in [6.07, 6.45) is 1.25. The number of benzene rings is 1. The number of carboxylic acid groups (broad SMARTS) is 1. The van der Waals surface area contributed by atoms with Crippen LogP contribution in [0.2, 0.25) is 18.1 Å². The summed E-state index contributed by atoms with van der Waals surface area (Å²) in [4.78, 5) is 12.9. The van der Waals surface area contributed by atoms with Gasteiger partial charge in [-0.25, -0.2) is 9.18 Å². The first-order valence-corrected chi connectivity index (χ1v) is 13.1. The third-order valence-electron chi connectivity index (χ3n) is 6.28. The maximum absolute atomic E-state index is 14.8. The first kappa shape index (κ1) is 22.4. The summed E-state index contributed by atoms with van der Waals surface area (Å²) in [5.41, 5.74) is 7.58. The highest BCUT2D eigenvalue weighted by Crippen LogP contribution is 2.38. The van der Waals surface area contributed by atoms with Gasteiger partial charge < -0.3 is 25.5 Å². The molecular formula is C20H32FN5O3Si. The van der Waals surface area contributed by atoms with Crippen molar-refractivity contribution in [1.29, 1.82) is 0 Å². The minimum Gasteiger partial charge on any atom is -0.465 e. The molecule has 0 aliphatic carbocycles. The maximum atomic E-state index is 14.8. The highest BCUT2D eigenvalue weighted by Gasteiger charge is 2.37. The number of nitrogens with two attached hydrogens (primary N) is 1. The number of nitrogens with one attached hydrogen (secondary N) is 1. The number of nitrogen functional groups attached to an aromatic ring is 1. The number of fused-ring (bicyclic) bond motifs is 1. The quantitative estimate of drug-likeness (QED) is 0.471. The average Bonchev–Trinajstić information content (AvgIpc) is 3.21. The summed E-state index contributed by atoms with van der Waals surface area (Å²) >= 11 is 0. The zero-order valence-corrected chi connectivity index (χ0v) is 19.3. The maximum Gasteiger partial charge on any atom is 0.404 e. The van der Waals surface area contributed by atoms with Gasteiger partial charge in [-0.15, -0.1) is 0 Å². The molecule has 2 heterocycles. The third-order valence-corrected chi connectivity index (χ3v) is 10.8. The average molecular weight is 438 g/mol. The Bertz CT molecular complexity index is 941. The van der Waals surface area contributed by atoms with Crippen LogP contribution in [0.25, 0.3) is 10.9 Å². The fraction of sp³-hybridized carbons (Fsp3) is 0.600. The van der Waals surface area contributed by atoms with Crippen LogP contribution in [0.15, 0.2) is 12.3 Å². The molecule has 1 unspecified atom stereocenters. The summed E-state index contributed by atoms with van der Waals surface area (Å²) in [5.74, 6) is -0.421. The number of carbonyl (C=O) groups is 1. The van der Waals surface area contributed by atoms with E-state index in [0.717, 1.165) is 0 Å². The topological polar surface area (TPSA) is 106 Å². The molecule has 1 aromatic carbocycles. The van der Waals surface area contributed by atoms with Crippen molar-refractivity contribution in [2.24, 2.45) is 0 Å². The molecule has 3 rings (SSSR count). The lowest BCUT2D eigenvalue weighted by atomic mass is 10.1. The van der Waals surface area contributed by atoms with Gasteiger partial charge in [-0.3, -0.25) is 4.68 Å². The van der Waals surface area contributed by atoms with Crippen LogP contribution in [0.3, 0.4) is 0 Å². The van der Waals surface area contributed by atoms with E-state index in [1.807, 2.05) is 4.90 Å². The Morgan fingerprint density at radius 1 is 1.47 bits per heavy atom. The predicted octanol–water partition coefficient (Wildman–Crippen LogP) is 3.63. The Hall–Kier alpha value is -2.33. The zero-order chi connectivity index (χ0) is 22.3. The number of halogens is 1. The molecule has 1 amide bonds. The van der Waals surface area contributed by atoms with Crippen molar-refractivity contribution < 1.29 is 18.7 Å². The Morgan fingerprint density at radius 2 is 2.17 bits per heavy atom. The first-order chi connectivity index (χ1) is 13.9. The van der Waals surface area contributed by atoms with Crippen LogP contribution < -0.4 is 16.0 Å². The van der Waals surface area contributed by atoms with Crippen LogP contribution in [0, 0.1) is 5.82 Å². The molecule has 1 aromatic heterocycles. The molecule has 1 saturated heterocycles. The van der Waals surface area contributed by atoms with Crippen molar-refractivity contribution in [3.8, 4) is 0 Å². The first-order valence-electron chi connectivity index (χ1n) is 10.2. The van der Waals surface area contributed by atoms with Gasteiger partial charge >= 0.3 is 6.09 Å². The molecule has 1 aliphatic heterocycles. The van der Waals surface area contributed by atoms with E-state index in [1.165, 1.54) is 6.07 Å². The lowest BCUT2D eigenvalue weighted by Crippen LogP contribution is -2.41. The zero-order valence-electron chi connectivity index (χ0n) is 18.3. The molecule has 1 aliphatic rings. The van der Waals surface area contributed by atoms with E-state index in [4.69, 9.17) is 15.3 Å². The second kappa shape index (κ2) is 8.07. The lowest BCUT2D eigenvalue weighted by Gasteiger charge is -2.36. The second-order valence-corrected chi connectivity index (χ2v) is 14.2. The van der Waals surface area contributed by atoms with E-state index in [9.17, 15) is 9.18 Å². The summed E-state index contributed by atoms with van der Waals surface area (Å²) in [6, 6.07) is 1.14. The molecule has 1 atom stereocenters. The van der Waals surface area contributed by atoms with Gasteiger partial charge in [-0.1, -0.05) is 20.8 Å². The molecular weight excluding hydrogens is 405 g/mol. The standard InChI is InChI=1S/C20H32FN5O3Si/c1-20(2,3)30(4,5)29-9-8-26-17-14(11-23-26)18(16(22)10-15(17)21)25-7-6-13(12-25)24-19(27)28/h10-11,13,24H,6-9,12,22H2,1-5H3,(H,27,28). The monoisotopic (exact) mass is 437 g/mol. The fourth-order valence-electron chi connectivity index (χ4n) is 3.62. The minimum atomic E-state index is -1.90. The van der Waals surface area contributed by atoms with E-state index < -0.39 is 20.2 Å². The van der Waals surface area contributed by atoms with Gasteiger partial charge in [-0.05, 0) is 24.6 Å². The number of amides is 1. The summed E-state index contributed by atoms with van der Waals surface area (Å²) < 4.78 is 22.7. The number of hydrogen-bond acceptors (Lipinski definition) is 5. The lowest BCUT2D eigenvalue weighted by molar-refractivity contribution is 0.191. The van der Waals surface area contributed by atoms with Crippen molar-refractivity contribution in [3.05, 3.63) is 18.1 Å². The molecule has 8 nitrogen and oxygen atoms in total. The van der Waals surface area contributed by atoms with Crippen molar-refractivity contribution in [3.63, 3.8) is 0 Å². The Morgan fingerprint density at radius 3 is 2.80 bits per heavy atom. The van der Waals surface area contributed by atoms with Crippen LogP contribution in [-0.2, 0) is 11.0 Å². The van der Waals surface area contributed by atoms with E-state index in [0.29, 0.717) is 54.9 Å². The highest BCUT2D eigenvalue weighted by molar-refractivity contribution is 6.74. The Balaban J connectivity index is 1.83. The minimum absolute atomic E-state index is 0.0995. The van der Waals surface area contributed by atoms with Gasteiger partial charge in [0.05, 0.1) is 36.8 Å². The summed E-state index contributed by atoms with van der Waals surface area (Å²) in [5, 5.41) is 16.6. The van der Waals surface area contributed by atoms with Gasteiger partial charge in [0.15, 0.2) is 14.1 Å². The van der Waals surface area contributed by atoms with Crippen molar-refractivity contribution in [2.45, 2.75) is 57.9 Å². The molecule has 2 aromatic rings. The smallest absolute Gasteiger partial charge is 0.404 e. The van der Waals surface area contributed by atoms with Gasteiger partial charge in [0, 0.05) is 24.5 Å². The molecule has 0 spiro atoms. The third kappa shape index (κ3) is 4.39. The molecule has 4 N–H and O–H groups in total. The second-order valence-electron chi connectivity index (χ2n) is 9.42. The number of nitrogens with zero attached hydrogens (tertiary/aromatic N) is 3. The number of hydrogen-bond donors (Lipinski definition) is 3. The Kier molecular flexibility index (Phi) is 6.01. The van der Waals surface area contributed by atoms with Gasteiger partial charge in [0.2, 0.25) is 0 Å². The van der Waals surface area contributed by atoms with E-state index in [1.54, 1.807) is 10.9 Å². The molecule has 0 bridgehead atoms. The van der Waals surface area contributed by atoms with Gasteiger partial charge in [-0.2, -0.15) is 5.10 Å². The van der Waals surface area contributed by atoms with E-state index in [-0.39, 0.29) is 11.1 Å². The Labute approximate surface area is 177 Å². The molecule has 166 valence electrons. The van der Waals surface area contributed by atoms with Gasteiger partial charge in [0.25, 0.3) is 0 Å². The van der Waals surface area contributed by atoms with Crippen LogP contribution in [-0.4, -0.2) is 55.0 Å². The van der Waals surface area contributed by atoms with Gasteiger partial charge in [0.1, 0.15) is 5.52 Å². The molecule has 0 radical (unpaired) electrons. The SMILES string of the molecule is CC(C)(C)[Si](C)(C)OCCn1ncc2c(N3CCC(NC(=O)O)C3)c(N)cc(F)c21. The fourth-order valence-corrected chi connectivity index (χ4v) is 4.66. The molecule has 1 fully saturated rings. The molecule has 0 saturated carbocycles. The largest absolute Gasteiger partial charge is 0.465 e. The number of rotatable bonds is 6. The van der Waals surface area contributed by atoms with Crippen LogP contribution in [0.5, 0.6) is 0 Å². The van der Waals surface area contributed by atoms with E-state index in [2.05, 4.69) is 44.3 Å². The molecule has 30 heavy (non-hydrogen) atoms. The van der Waals surface area contributed by atoms with Crippen molar-refractivity contribution >= 4 is 36.7 Å². The predicted molar refractivity (Wildman–Crippen MR) is 119 cm³/mol. The normalized spacial score (nSPS) is 17.7. The van der Waals surface area contributed by atoms with E-state index >= 15 is 0 Å².